The van der Waals surface area contributed by atoms with Gasteiger partial charge in [-0.05, 0) is 96.5 Å². The van der Waals surface area contributed by atoms with Gasteiger partial charge in [0.05, 0.1) is 19.3 Å². The summed E-state index contributed by atoms with van der Waals surface area (Å²) in [5.74, 6) is -5.08. The molecule has 26 nitrogen and oxygen atoms in total. The van der Waals surface area contributed by atoms with E-state index in [1.54, 1.807) is 52.0 Å². The maximum Gasteiger partial charge on any atom is 0.342 e. The lowest BCUT2D eigenvalue weighted by atomic mass is 9.99. The van der Waals surface area contributed by atoms with E-state index in [1.807, 2.05) is 20.8 Å². The van der Waals surface area contributed by atoms with E-state index in [0.29, 0.717) is 0 Å². The Hall–Kier alpha value is -5.34. The van der Waals surface area contributed by atoms with E-state index < -0.39 is 127 Å². The second-order valence-corrected chi connectivity index (χ2v) is 20.8. The molecule has 16 atom stereocenters. The highest BCUT2D eigenvalue weighted by atomic mass is 35.5. The Morgan fingerprint density at radius 1 is 0.531 bits per heavy atom. The summed E-state index contributed by atoms with van der Waals surface area (Å²) in [4.78, 5) is 57.6. The number of hydrogen-bond donors (Lipinski definition) is 6. The highest BCUT2D eigenvalue weighted by molar-refractivity contribution is 6.68. The van der Waals surface area contributed by atoms with E-state index in [2.05, 4.69) is 4.74 Å². The number of benzene rings is 3. The van der Waals surface area contributed by atoms with Crippen LogP contribution >= 0.6 is 11.6 Å². The van der Waals surface area contributed by atoms with Gasteiger partial charge in [-0.3, -0.25) is 9.59 Å². The monoisotopic (exact) mass is 1170 g/mol. The molecule has 0 aliphatic carbocycles. The van der Waals surface area contributed by atoms with Gasteiger partial charge >= 0.3 is 23.9 Å². The van der Waals surface area contributed by atoms with Crippen LogP contribution in [-0.4, -0.2) is 202 Å². The van der Waals surface area contributed by atoms with Gasteiger partial charge < -0.3 is 102 Å². The van der Waals surface area contributed by atoms with Crippen molar-refractivity contribution in [2.45, 2.75) is 171 Å². The molecule has 7 saturated heterocycles. The molecule has 446 valence electrons. The first-order valence-electron chi connectivity index (χ1n) is 25.6. The van der Waals surface area contributed by atoms with Crippen LogP contribution in [0.1, 0.15) is 96.8 Å². The van der Waals surface area contributed by atoms with Crippen LogP contribution in [0, 0.1) is 0 Å². The molecule has 0 saturated carbocycles. The van der Waals surface area contributed by atoms with Crippen molar-refractivity contribution in [1.29, 1.82) is 0 Å². The average molecular weight is 1170 g/mol. The fourth-order valence-corrected chi connectivity index (χ4v) is 9.67. The predicted octanol–water partition coefficient (Wildman–Crippen LogP) is 2.35. The largest absolute Gasteiger partial charge is 0.507 e. The van der Waals surface area contributed by atoms with Crippen LogP contribution in [0.3, 0.4) is 0 Å². The minimum absolute atomic E-state index is 0.0658. The number of aromatic hydroxyl groups is 1. The third kappa shape index (κ3) is 15.5. The number of para-hydroxylation sites is 2. The Bertz CT molecular complexity index is 2680. The molecule has 0 bridgehead atoms. The van der Waals surface area contributed by atoms with E-state index in [4.69, 9.17) is 77.9 Å². The van der Waals surface area contributed by atoms with Gasteiger partial charge in [0.1, 0.15) is 109 Å². The zero-order valence-electron chi connectivity index (χ0n) is 45.5. The van der Waals surface area contributed by atoms with Crippen molar-refractivity contribution in [2.75, 3.05) is 26.9 Å². The van der Waals surface area contributed by atoms with Crippen LogP contribution in [0.4, 0.5) is 0 Å². The number of halogens is 1. The van der Waals surface area contributed by atoms with Crippen molar-refractivity contribution in [3.63, 3.8) is 0 Å². The molecule has 81 heavy (non-hydrogen) atoms. The van der Waals surface area contributed by atoms with Crippen molar-refractivity contribution in [2.24, 2.45) is 0 Å². The minimum Gasteiger partial charge on any atom is -0.507 e. The molecule has 0 radical (unpaired) electrons. The lowest BCUT2D eigenvalue weighted by Crippen LogP contribution is -2.58. The number of aliphatic hydroxyl groups is 5. The maximum absolute atomic E-state index is 12.6. The second-order valence-electron chi connectivity index (χ2n) is 20.5. The first-order valence-corrected chi connectivity index (χ1v) is 25.9. The van der Waals surface area contributed by atoms with E-state index in [9.17, 15) is 54.6 Å². The molecule has 7 heterocycles. The summed E-state index contributed by atoms with van der Waals surface area (Å²) in [7, 11) is 1.25. The normalized spacial score (nSPS) is 33.3. The Morgan fingerprint density at radius 3 is 1.59 bits per heavy atom. The fourth-order valence-electron chi connectivity index (χ4n) is 9.51. The van der Waals surface area contributed by atoms with Crippen molar-refractivity contribution in [3.8, 4) is 11.5 Å². The number of phenolic OH excluding ortho intramolecular Hbond substituents is 1. The van der Waals surface area contributed by atoms with Crippen LogP contribution in [-0.2, 0) is 71.1 Å². The lowest BCUT2D eigenvalue weighted by molar-refractivity contribution is -0.286. The first-order chi connectivity index (χ1) is 38.1. The van der Waals surface area contributed by atoms with Gasteiger partial charge in [0.25, 0.3) is 5.24 Å². The van der Waals surface area contributed by atoms with Gasteiger partial charge in [0.15, 0.2) is 42.5 Å². The number of hydrogen-bond acceptors (Lipinski definition) is 26. The first kappa shape index (κ1) is 63.2. The summed E-state index contributed by atoms with van der Waals surface area (Å²) < 4.78 is 83.0. The third-order valence-electron chi connectivity index (χ3n) is 13.0. The van der Waals surface area contributed by atoms with Crippen LogP contribution in [0.5, 0.6) is 11.5 Å². The number of aliphatic hydroxyl groups excluding tert-OH is 5. The molecule has 7 fully saturated rings. The number of methoxy groups -OCH3 is 1. The molecular weight excluding hydrogens is 1100 g/mol. The van der Waals surface area contributed by atoms with Crippen LogP contribution in [0.2, 0.25) is 0 Å². The number of carbonyl (C=O) groups excluding carboxylic acids is 5. The van der Waals surface area contributed by atoms with Gasteiger partial charge in [-0.25, -0.2) is 14.4 Å². The lowest BCUT2D eigenvalue weighted by Gasteiger charge is -2.37. The smallest absolute Gasteiger partial charge is 0.342 e. The van der Waals surface area contributed by atoms with Crippen LogP contribution in [0.25, 0.3) is 0 Å². The Balaban J connectivity index is 0.000000163. The quantitative estimate of drug-likeness (QED) is 0.0734. The predicted molar refractivity (Wildman–Crippen MR) is 271 cm³/mol. The third-order valence-corrected chi connectivity index (χ3v) is 13.2. The Morgan fingerprint density at radius 2 is 1.01 bits per heavy atom. The summed E-state index contributed by atoms with van der Waals surface area (Å²) in [6.45, 7) is 13.3. The average Bonchev–Trinajstić information content (AvgIpc) is 4.32. The molecule has 0 spiro atoms. The highest BCUT2D eigenvalue weighted by Crippen LogP contribution is 2.45. The van der Waals surface area contributed by atoms with Crippen molar-refractivity contribution < 1.29 is 126 Å². The molecule has 7 aliphatic rings. The number of rotatable bonds is 10. The highest BCUT2D eigenvalue weighted by Gasteiger charge is 2.61. The Labute approximate surface area is 469 Å². The number of fused-ring (bicyclic) bond motifs is 6. The SMILES string of the molecule is CC(=O)Oc1ccccc1C(=O)OCC1OC2OC(C)(C)OC2C2OC(C)(C)OC12.CC1OC2C(CO)OC3OC(C)(C)OC3C2O1.COC(=O)c1ccccc1C(=O)Cl.O=C(OCC1OC(O)C(O)C(O)C1O)c1ccccc1O. The van der Waals surface area contributed by atoms with Gasteiger partial charge in [-0.15, -0.1) is 0 Å². The number of ether oxygens (including phenoxy) is 15. The fraction of sp³-hybridized carbons (Fsp3) is 0.574. The zero-order chi connectivity index (χ0) is 59.3. The minimum atomic E-state index is -1.70. The van der Waals surface area contributed by atoms with Crippen LogP contribution < -0.4 is 4.74 Å². The summed E-state index contributed by atoms with van der Waals surface area (Å²) >= 11 is 5.26. The zero-order valence-corrected chi connectivity index (χ0v) is 46.3. The molecular formula is C54H67ClO26. The summed E-state index contributed by atoms with van der Waals surface area (Å²) in [5, 5.41) is 56.0. The molecule has 3 aromatic carbocycles. The number of esters is 4. The van der Waals surface area contributed by atoms with Gasteiger partial charge in [-0.2, -0.15) is 0 Å². The summed E-state index contributed by atoms with van der Waals surface area (Å²) in [5.41, 5.74) is 0.424. The van der Waals surface area contributed by atoms with E-state index >= 15 is 0 Å². The maximum atomic E-state index is 12.6. The van der Waals surface area contributed by atoms with Crippen molar-refractivity contribution >= 4 is 40.7 Å². The second kappa shape index (κ2) is 26.5. The molecule has 0 amide bonds. The Kier molecular flexibility index (Phi) is 20.7. The van der Waals surface area contributed by atoms with Crippen LogP contribution in [0.15, 0.2) is 72.8 Å². The molecule has 7 aliphatic heterocycles. The van der Waals surface area contributed by atoms with Crippen molar-refractivity contribution in [3.05, 3.63) is 95.1 Å². The molecule has 16 unspecified atom stereocenters. The van der Waals surface area contributed by atoms with E-state index in [1.165, 1.54) is 62.6 Å². The van der Waals surface area contributed by atoms with E-state index in [0.717, 1.165) is 0 Å². The standard InChI is InChI=1S/C21H26O9.C13H16O8.C11H18O6.C9H7ClO3/c1-11(22)25-13-9-7-6-8-12(13)18(23)24-10-14-15-16(28-20(2,3)27-15)17-19(26-14)30-21(4,5)29-17;14-7-4-2-1-3-6(7)12(18)20-5-8-9(15)10(16)11(17)13(19)21-8;1-5-13-7-6(4-12)15-10-9(8(7)14-5)16-11(2,3)17-10;1-13-9(12)7-5-3-2-4-6(7)8(10)11/h6-9,14-17,19H,10H2,1-5H3;1-4,8-11,13-17,19H,5H2;5-10,12H,4H2,1-3H3;2-5H,1H3. The molecule has 6 N–H and O–H groups in total. The van der Waals surface area contributed by atoms with Gasteiger partial charge in [-0.1, -0.05) is 36.4 Å². The van der Waals surface area contributed by atoms with E-state index in [-0.39, 0.29) is 71.6 Å². The molecule has 3 aromatic rings. The summed E-state index contributed by atoms with van der Waals surface area (Å²) in [6, 6.07) is 18.3. The summed E-state index contributed by atoms with van der Waals surface area (Å²) in [6.07, 6.45) is -12.5. The topological polar surface area (TPSA) is 345 Å². The molecule has 0 aromatic heterocycles. The number of phenols is 1. The van der Waals surface area contributed by atoms with Gasteiger partial charge in [0, 0.05) is 12.5 Å². The number of carbonyl (C=O) groups is 5. The van der Waals surface area contributed by atoms with Gasteiger partial charge in [0.2, 0.25) is 0 Å². The molecule has 27 heteroatoms. The van der Waals surface area contributed by atoms with Crippen molar-refractivity contribution in [1.82, 2.24) is 0 Å². The molecule has 10 rings (SSSR count).